The van der Waals surface area contributed by atoms with E-state index in [4.69, 9.17) is 0 Å². The van der Waals surface area contributed by atoms with Crippen molar-refractivity contribution >= 4 is 12.4 Å². The van der Waals surface area contributed by atoms with E-state index in [2.05, 4.69) is 43.4 Å². The van der Waals surface area contributed by atoms with E-state index in [1.807, 2.05) is 0 Å². The van der Waals surface area contributed by atoms with Crippen LogP contribution in [-0.2, 0) is 6.54 Å². The molecule has 0 aliphatic heterocycles. The third kappa shape index (κ3) is 14.6. The smallest absolute Gasteiger partial charge is 0.0208 e. The predicted molar refractivity (Wildman–Crippen MR) is 120 cm³/mol. The van der Waals surface area contributed by atoms with Crippen LogP contribution in [0.4, 0.5) is 0 Å². The van der Waals surface area contributed by atoms with E-state index in [0.29, 0.717) is 0 Å². The number of nitrogens with one attached hydrogen (secondary N) is 1. The van der Waals surface area contributed by atoms with Gasteiger partial charge in [-0.3, -0.25) is 0 Å². The molecule has 1 aromatic rings. The van der Waals surface area contributed by atoms with Crippen LogP contribution in [-0.4, -0.2) is 6.54 Å². The number of aryl methyl sites for hydroxylation is 1. The van der Waals surface area contributed by atoms with Crippen LogP contribution in [0.5, 0.6) is 0 Å². The number of hydrogen-bond donors (Lipinski definition) is 1. The van der Waals surface area contributed by atoms with Gasteiger partial charge in [-0.2, -0.15) is 0 Å². The fraction of sp³-hybridized carbons (Fsp3) is 0.750. The molecule has 0 aliphatic carbocycles. The van der Waals surface area contributed by atoms with Gasteiger partial charge in [-0.15, -0.1) is 12.4 Å². The zero-order valence-electron chi connectivity index (χ0n) is 17.5. The predicted octanol–water partition coefficient (Wildman–Crippen LogP) is 7.99. The average molecular weight is 382 g/mol. The van der Waals surface area contributed by atoms with Crippen molar-refractivity contribution in [1.29, 1.82) is 0 Å². The van der Waals surface area contributed by atoms with Crippen LogP contribution in [0.25, 0.3) is 0 Å². The van der Waals surface area contributed by atoms with Crippen LogP contribution in [0.2, 0.25) is 0 Å². The number of rotatable bonds is 17. The van der Waals surface area contributed by atoms with Crippen molar-refractivity contribution in [3.05, 3.63) is 35.4 Å². The highest BCUT2D eigenvalue weighted by Crippen LogP contribution is 2.13. The van der Waals surface area contributed by atoms with Crippen molar-refractivity contribution < 1.29 is 0 Å². The second kappa shape index (κ2) is 19.2. The Labute approximate surface area is 170 Å². The quantitative estimate of drug-likeness (QED) is 0.269. The number of halogens is 1. The molecule has 0 aromatic heterocycles. The summed E-state index contributed by atoms with van der Waals surface area (Å²) in [6, 6.07) is 8.68. The lowest BCUT2D eigenvalue weighted by molar-refractivity contribution is 0.529. The molecule has 0 saturated heterocycles. The Bertz CT molecular complexity index is 405. The summed E-state index contributed by atoms with van der Waals surface area (Å²) >= 11 is 0. The lowest BCUT2D eigenvalue weighted by Crippen LogP contribution is -2.15. The summed E-state index contributed by atoms with van der Waals surface area (Å²) in [5.41, 5.74) is 2.84. The van der Waals surface area contributed by atoms with Crippen LogP contribution in [0.1, 0.15) is 108 Å². The Morgan fingerprint density at radius 1 is 0.654 bits per heavy atom. The molecule has 0 heterocycles. The summed E-state index contributed by atoms with van der Waals surface area (Å²) in [5, 5.41) is 3.59. The van der Waals surface area contributed by atoms with E-state index >= 15 is 0 Å². The number of benzene rings is 1. The van der Waals surface area contributed by atoms with Crippen LogP contribution in [0.15, 0.2) is 24.3 Å². The highest BCUT2D eigenvalue weighted by Gasteiger charge is 1.97. The molecule has 2 heteroatoms. The van der Waals surface area contributed by atoms with Crippen molar-refractivity contribution in [3.8, 4) is 0 Å². The second-order valence-corrected chi connectivity index (χ2v) is 7.70. The summed E-state index contributed by atoms with van der Waals surface area (Å²) in [7, 11) is 0. The van der Waals surface area contributed by atoms with Gasteiger partial charge in [0, 0.05) is 6.54 Å². The maximum Gasteiger partial charge on any atom is 0.0208 e. The molecule has 0 amide bonds. The summed E-state index contributed by atoms with van der Waals surface area (Å²) in [6.07, 6.45) is 20.1. The molecule has 0 fully saturated rings. The van der Waals surface area contributed by atoms with Gasteiger partial charge >= 0.3 is 0 Å². The first-order chi connectivity index (χ1) is 12.3. The molecule has 0 spiro atoms. The Kier molecular flexibility index (Phi) is 18.8. The highest BCUT2D eigenvalue weighted by atomic mass is 35.5. The normalized spacial score (nSPS) is 10.7. The lowest BCUT2D eigenvalue weighted by atomic mass is 10.0. The Morgan fingerprint density at radius 2 is 1.12 bits per heavy atom. The monoisotopic (exact) mass is 381 g/mol. The molecule has 1 rings (SSSR count). The molecule has 26 heavy (non-hydrogen) atoms. The molecule has 0 unspecified atom stereocenters. The van der Waals surface area contributed by atoms with Crippen molar-refractivity contribution in [2.45, 2.75) is 110 Å². The van der Waals surface area contributed by atoms with Crippen LogP contribution < -0.4 is 5.32 Å². The van der Waals surface area contributed by atoms with Crippen molar-refractivity contribution in [1.82, 2.24) is 5.32 Å². The molecule has 1 N–H and O–H groups in total. The molecule has 0 atom stereocenters. The van der Waals surface area contributed by atoms with Gasteiger partial charge in [0.1, 0.15) is 0 Å². The number of hydrogen-bond acceptors (Lipinski definition) is 1. The van der Waals surface area contributed by atoms with Gasteiger partial charge < -0.3 is 5.32 Å². The van der Waals surface area contributed by atoms with E-state index < -0.39 is 0 Å². The molecule has 0 aliphatic rings. The Hall–Kier alpha value is -0.530. The zero-order valence-corrected chi connectivity index (χ0v) is 18.3. The average Bonchev–Trinajstić information content (AvgIpc) is 2.63. The molecule has 1 aromatic carbocycles. The third-order valence-electron chi connectivity index (χ3n) is 5.28. The van der Waals surface area contributed by atoms with Gasteiger partial charge in [0.2, 0.25) is 0 Å². The van der Waals surface area contributed by atoms with E-state index in [1.54, 1.807) is 0 Å². The largest absolute Gasteiger partial charge is 0.313 e. The van der Waals surface area contributed by atoms with Crippen LogP contribution in [0, 0.1) is 6.92 Å². The SMILES string of the molecule is CCCCCCCCCCCCCCCCNCc1ccccc1C.Cl. The Balaban J connectivity index is 0.00000625. The standard InChI is InChI=1S/C24H43N.ClH/c1-3-4-5-6-7-8-9-10-11-12-13-14-15-18-21-25-22-24-20-17-16-19-23(24)2;/h16-17,19-20,25H,3-15,18,21-22H2,1-2H3;1H. The maximum absolute atomic E-state index is 3.59. The van der Waals surface area contributed by atoms with E-state index in [9.17, 15) is 0 Å². The second-order valence-electron chi connectivity index (χ2n) is 7.70. The van der Waals surface area contributed by atoms with Gasteiger partial charge in [0.15, 0.2) is 0 Å². The molecular weight excluding hydrogens is 338 g/mol. The minimum Gasteiger partial charge on any atom is -0.313 e. The van der Waals surface area contributed by atoms with Crippen molar-refractivity contribution in [3.63, 3.8) is 0 Å². The van der Waals surface area contributed by atoms with Crippen LogP contribution in [0.3, 0.4) is 0 Å². The molecule has 0 saturated carbocycles. The van der Waals surface area contributed by atoms with Crippen molar-refractivity contribution in [2.75, 3.05) is 6.54 Å². The minimum atomic E-state index is 0. The van der Waals surface area contributed by atoms with Gasteiger partial charge in [0.05, 0.1) is 0 Å². The molecule has 0 radical (unpaired) electrons. The Morgan fingerprint density at radius 3 is 1.62 bits per heavy atom. The topological polar surface area (TPSA) is 12.0 Å². The van der Waals surface area contributed by atoms with Gasteiger partial charge in [-0.25, -0.2) is 0 Å². The molecule has 152 valence electrons. The summed E-state index contributed by atoms with van der Waals surface area (Å²) < 4.78 is 0. The van der Waals surface area contributed by atoms with Crippen LogP contribution >= 0.6 is 12.4 Å². The summed E-state index contributed by atoms with van der Waals surface area (Å²) in [4.78, 5) is 0. The first-order valence-electron chi connectivity index (χ1n) is 11.1. The van der Waals surface area contributed by atoms with Gasteiger partial charge in [-0.1, -0.05) is 115 Å². The first-order valence-corrected chi connectivity index (χ1v) is 11.1. The molecule has 1 nitrogen and oxygen atoms in total. The van der Waals surface area contributed by atoms with E-state index in [-0.39, 0.29) is 12.4 Å². The fourth-order valence-corrected chi connectivity index (χ4v) is 3.48. The highest BCUT2D eigenvalue weighted by molar-refractivity contribution is 5.85. The summed E-state index contributed by atoms with van der Waals surface area (Å²) in [6.45, 7) is 6.67. The fourth-order valence-electron chi connectivity index (χ4n) is 3.48. The molecule has 0 bridgehead atoms. The van der Waals surface area contributed by atoms with E-state index in [1.165, 1.54) is 101 Å². The molecular formula is C24H44ClN. The number of unbranched alkanes of at least 4 members (excludes halogenated alkanes) is 13. The summed E-state index contributed by atoms with van der Waals surface area (Å²) in [5.74, 6) is 0. The van der Waals surface area contributed by atoms with Crippen molar-refractivity contribution in [2.24, 2.45) is 0 Å². The minimum absolute atomic E-state index is 0. The first kappa shape index (κ1) is 25.5. The lowest BCUT2D eigenvalue weighted by Gasteiger charge is -2.07. The van der Waals surface area contributed by atoms with Gasteiger partial charge in [0.25, 0.3) is 0 Å². The van der Waals surface area contributed by atoms with E-state index in [0.717, 1.165) is 13.1 Å². The van der Waals surface area contributed by atoms with Gasteiger partial charge in [-0.05, 0) is 31.0 Å². The third-order valence-corrected chi connectivity index (χ3v) is 5.28. The zero-order chi connectivity index (χ0) is 18.0. The maximum atomic E-state index is 3.59.